The highest BCUT2D eigenvalue weighted by atomic mass is 16.5. The fourth-order valence-electron chi connectivity index (χ4n) is 3.17. The molecule has 3 nitrogen and oxygen atoms in total. The first-order valence-electron chi connectivity index (χ1n) is 8.29. The first kappa shape index (κ1) is 16.3. The molecule has 21 heavy (non-hydrogen) atoms. The van der Waals surface area contributed by atoms with Crippen molar-refractivity contribution in [2.45, 2.75) is 33.6 Å². The SMILES string of the molecule is CCNCC1(CN(CC)c2ccc(C)cc2)CCCOC1. The predicted molar refractivity (Wildman–Crippen MR) is 90.1 cm³/mol. The van der Waals surface area contributed by atoms with Crippen molar-refractivity contribution in [3.05, 3.63) is 29.8 Å². The summed E-state index contributed by atoms with van der Waals surface area (Å²) >= 11 is 0. The molecule has 1 aliphatic heterocycles. The van der Waals surface area contributed by atoms with Gasteiger partial charge >= 0.3 is 0 Å². The third-order valence-electron chi connectivity index (χ3n) is 4.46. The van der Waals surface area contributed by atoms with Gasteiger partial charge in [0.15, 0.2) is 0 Å². The summed E-state index contributed by atoms with van der Waals surface area (Å²) in [6.07, 6.45) is 2.43. The number of hydrogen-bond acceptors (Lipinski definition) is 3. The van der Waals surface area contributed by atoms with Gasteiger partial charge in [-0.05, 0) is 45.4 Å². The number of ether oxygens (including phenoxy) is 1. The lowest BCUT2D eigenvalue weighted by Gasteiger charge is -2.41. The molecule has 1 unspecified atom stereocenters. The molecular formula is C18H30N2O. The van der Waals surface area contributed by atoms with Crippen LogP contribution in [0.1, 0.15) is 32.3 Å². The minimum absolute atomic E-state index is 0.245. The lowest BCUT2D eigenvalue weighted by Crippen LogP contribution is -2.49. The van der Waals surface area contributed by atoms with Crippen molar-refractivity contribution in [1.82, 2.24) is 5.32 Å². The molecular weight excluding hydrogens is 260 g/mol. The van der Waals surface area contributed by atoms with E-state index in [1.807, 2.05) is 0 Å². The van der Waals surface area contributed by atoms with E-state index in [1.165, 1.54) is 24.1 Å². The highest BCUT2D eigenvalue weighted by Crippen LogP contribution is 2.31. The van der Waals surface area contributed by atoms with Gasteiger partial charge in [0.1, 0.15) is 0 Å². The van der Waals surface area contributed by atoms with Crippen LogP contribution in [0.2, 0.25) is 0 Å². The molecule has 118 valence electrons. The Kier molecular flexibility index (Phi) is 6.07. The number of anilines is 1. The Balaban J connectivity index is 2.10. The minimum Gasteiger partial charge on any atom is -0.381 e. The van der Waals surface area contributed by atoms with Crippen LogP contribution in [-0.2, 0) is 4.74 Å². The maximum atomic E-state index is 5.82. The summed E-state index contributed by atoms with van der Waals surface area (Å²) in [7, 11) is 0. The molecule has 0 amide bonds. The fourth-order valence-corrected chi connectivity index (χ4v) is 3.17. The lowest BCUT2D eigenvalue weighted by atomic mass is 9.81. The third-order valence-corrected chi connectivity index (χ3v) is 4.46. The molecule has 0 radical (unpaired) electrons. The van der Waals surface area contributed by atoms with Crippen molar-refractivity contribution < 1.29 is 4.74 Å². The van der Waals surface area contributed by atoms with Gasteiger partial charge in [0, 0.05) is 37.3 Å². The summed E-state index contributed by atoms with van der Waals surface area (Å²) in [6, 6.07) is 8.88. The standard InChI is InChI=1S/C18H30N2O/c1-4-19-13-18(11-6-12-21-15-18)14-20(5-2)17-9-7-16(3)8-10-17/h7-10,19H,4-6,11-15H2,1-3H3. The molecule has 1 aromatic rings. The highest BCUT2D eigenvalue weighted by molar-refractivity contribution is 5.47. The molecule has 1 saturated heterocycles. The molecule has 3 heteroatoms. The number of nitrogens with one attached hydrogen (secondary N) is 1. The molecule has 2 rings (SSSR count). The van der Waals surface area contributed by atoms with Gasteiger partial charge in [-0.3, -0.25) is 0 Å². The van der Waals surface area contributed by atoms with Crippen LogP contribution in [0.3, 0.4) is 0 Å². The van der Waals surface area contributed by atoms with E-state index in [-0.39, 0.29) is 5.41 Å². The first-order chi connectivity index (χ1) is 10.2. The lowest BCUT2D eigenvalue weighted by molar-refractivity contribution is -0.00289. The molecule has 0 saturated carbocycles. The van der Waals surface area contributed by atoms with E-state index < -0.39 is 0 Å². The molecule has 0 aromatic heterocycles. The average Bonchev–Trinajstić information content (AvgIpc) is 2.53. The predicted octanol–water partition coefficient (Wildman–Crippen LogP) is 3.23. The van der Waals surface area contributed by atoms with E-state index in [0.717, 1.165) is 39.4 Å². The summed E-state index contributed by atoms with van der Waals surface area (Å²) in [5.41, 5.74) is 2.89. The molecule has 1 heterocycles. The Morgan fingerprint density at radius 1 is 1.24 bits per heavy atom. The Morgan fingerprint density at radius 2 is 2.00 bits per heavy atom. The Labute approximate surface area is 129 Å². The van der Waals surface area contributed by atoms with Gasteiger partial charge in [-0.15, -0.1) is 0 Å². The summed E-state index contributed by atoms with van der Waals surface area (Å²) in [4.78, 5) is 2.49. The van der Waals surface area contributed by atoms with E-state index >= 15 is 0 Å². The Bertz CT molecular complexity index is 410. The van der Waals surface area contributed by atoms with Gasteiger partial charge < -0.3 is 15.0 Å². The Hall–Kier alpha value is -1.06. The van der Waals surface area contributed by atoms with Gasteiger partial charge in [-0.25, -0.2) is 0 Å². The van der Waals surface area contributed by atoms with Crippen LogP contribution >= 0.6 is 0 Å². The van der Waals surface area contributed by atoms with Gasteiger partial charge in [-0.1, -0.05) is 24.6 Å². The second-order valence-corrected chi connectivity index (χ2v) is 6.29. The normalized spacial score (nSPS) is 22.2. The van der Waals surface area contributed by atoms with E-state index in [1.54, 1.807) is 0 Å². The van der Waals surface area contributed by atoms with Crippen LogP contribution in [0.15, 0.2) is 24.3 Å². The summed E-state index contributed by atoms with van der Waals surface area (Å²) in [5, 5.41) is 3.54. The Morgan fingerprint density at radius 3 is 2.57 bits per heavy atom. The summed E-state index contributed by atoms with van der Waals surface area (Å²) < 4.78 is 5.82. The molecule has 1 atom stereocenters. The number of rotatable bonds is 7. The van der Waals surface area contributed by atoms with Crippen molar-refractivity contribution in [1.29, 1.82) is 0 Å². The largest absolute Gasteiger partial charge is 0.381 e. The van der Waals surface area contributed by atoms with Gasteiger partial charge in [0.05, 0.1) is 6.61 Å². The summed E-state index contributed by atoms with van der Waals surface area (Å²) in [6.45, 7) is 12.5. The second-order valence-electron chi connectivity index (χ2n) is 6.29. The zero-order chi connectivity index (χ0) is 15.1. The molecule has 0 aliphatic carbocycles. The van der Waals surface area contributed by atoms with E-state index in [2.05, 4.69) is 55.3 Å². The quantitative estimate of drug-likeness (QED) is 0.834. The topological polar surface area (TPSA) is 24.5 Å². The van der Waals surface area contributed by atoms with Crippen molar-refractivity contribution >= 4 is 5.69 Å². The maximum Gasteiger partial charge on any atom is 0.0551 e. The smallest absolute Gasteiger partial charge is 0.0551 e. The van der Waals surface area contributed by atoms with Crippen LogP contribution in [0, 0.1) is 12.3 Å². The van der Waals surface area contributed by atoms with Crippen LogP contribution in [0.4, 0.5) is 5.69 Å². The monoisotopic (exact) mass is 290 g/mol. The molecule has 0 bridgehead atoms. The van der Waals surface area contributed by atoms with Crippen LogP contribution in [0.5, 0.6) is 0 Å². The number of nitrogens with zero attached hydrogens (tertiary/aromatic N) is 1. The van der Waals surface area contributed by atoms with Crippen molar-refractivity contribution in [2.75, 3.05) is 44.3 Å². The van der Waals surface area contributed by atoms with Crippen molar-refractivity contribution in [3.63, 3.8) is 0 Å². The minimum atomic E-state index is 0.245. The van der Waals surface area contributed by atoms with Crippen LogP contribution in [0.25, 0.3) is 0 Å². The van der Waals surface area contributed by atoms with Gasteiger partial charge in [0.2, 0.25) is 0 Å². The number of aryl methyl sites for hydroxylation is 1. The van der Waals surface area contributed by atoms with E-state index in [9.17, 15) is 0 Å². The maximum absolute atomic E-state index is 5.82. The average molecular weight is 290 g/mol. The number of benzene rings is 1. The van der Waals surface area contributed by atoms with Crippen LogP contribution in [-0.4, -0.2) is 39.4 Å². The molecule has 1 fully saturated rings. The number of hydrogen-bond donors (Lipinski definition) is 1. The highest BCUT2D eigenvalue weighted by Gasteiger charge is 2.34. The second kappa shape index (κ2) is 7.81. The third kappa shape index (κ3) is 4.45. The first-order valence-corrected chi connectivity index (χ1v) is 8.29. The van der Waals surface area contributed by atoms with Crippen molar-refractivity contribution in [3.8, 4) is 0 Å². The molecule has 1 N–H and O–H groups in total. The summed E-state index contributed by atoms with van der Waals surface area (Å²) in [5.74, 6) is 0. The van der Waals surface area contributed by atoms with E-state index in [4.69, 9.17) is 4.74 Å². The molecule has 1 aromatic carbocycles. The molecule has 1 aliphatic rings. The van der Waals surface area contributed by atoms with E-state index in [0.29, 0.717) is 0 Å². The zero-order valence-corrected chi connectivity index (χ0v) is 13.8. The molecule has 0 spiro atoms. The van der Waals surface area contributed by atoms with Gasteiger partial charge in [0.25, 0.3) is 0 Å². The zero-order valence-electron chi connectivity index (χ0n) is 13.8. The van der Waals surface area contributed by atoms with Crippen molar-refractivity contribution in [2.24, 2.45) is 5.41 Å². The fraction of sp³-hybridized carbons (Fsp3) is 0.667. The van der Waals surface area contributed by atoms with Gasteiger partial charge in [-0.2, -0.15) is 0 Å². The van der Waals surface area contributed by atoms with Crippen LogP contribution < -0.4 is 10.2 Å².